The first kappa shape index (κ1) is 12.2. The van der Waals surface area contributed by atoms with Crippen LogP contribution in [0.2, 0.25) is 0 Å². The fraction of sp³-hybridized carbons (Fsp3) is 0.500. The Morgan fingerprint density at radius 3 is 2.55 bits per heavy atom. The molecule has 0 bridgehead atoms. The normalized spacial score (nSPS) is 19.1. The van der Waals surface area contributed by atoms with E-state index < -0.39 is 0 Å². The fourth-order valence-electron chi connectivity index (χ4n) is 3.83. The van der Waals surface area contributed by atoms with Gasteiger partial charge in [0, 0.05) is 24.2 Å². The molecule has 0 unspecified atom stereocenters. The molecule has 1 aromatic heterocycles. The van der Waals surface area contributed by atoms with Crippen molar-refractivity contribution in [2.24, 2.45) is 0 Å². The van der Waals surface area contributed by atoms with Gasteiger partial charge in [-0.1, -0.05) is 24.6 Å². The van der Waals surface area contributed by atoms with Gasteiger partial charge in [-0.2, -0.15) is 0 Å². The molecular formula is C18H22N2. The van der Waals surface area contributed by atoms with Crippen molar-refractivity contribution < 1.29 is 0 Å². The van der Waals surface area contributed by atoms with Gasteiger partial charge in [-0.3, -0.25) is 4.98 Å². The Bertz CT molecular complexity index is 627. The highest BCUT2D eigenvalue weighted by Crippen LogP contribution is 2.36. The van der Waals surface area contributed by atoms with E-state index in [-0.39, 0.29) is 0 Å². The molecule has 104 valence electrons. The van der Waals surface area contributed by atoms with Crippen LogP contribution in [0.5, 0.6) is 0 Å². The van der Waals surface area contributed by atoms with Crippen LogP contribution in [0, 0.1) is 0 Å². The average molecular weight is 266 g/mol. The molecule has 0 saturated carbocycles. The second-order valence-corrected chi connectivity index (χ2v) is 6.16. The van der Waals surface area contributed by atoms with E-state index in [0.29, 0.717) is 0 Å². The highest BCUT2D eigenvalue weighted by molar-refractivity contribution is 5.94. The number of aryl methyl sites for hydroxylation is 1. The number of hydrogen-bond acceptors (Lipinski definition) is 2. The van der Waals surface area contributed by atoms with Crippen LogP contribution in [0.25, 0.3) is 10.9 Å². The van der Waals surface area contributed by atoms with E-state index in [1.165, 1.54) is 80.3 Å². The molecule has 2 aliphatic rings. The summed E-state index contributed by atoms with van der Waals surface area (Å²) in [5.41, 5.74) is 5.64. The maximum atomic E-state index is 4.98. The fourth-order valence-corrected chi connectivity index (χ4v) is 3.83. The maximum Gasteiger partial charge on any atom is 0.0726 e. The van der Waals surface area contributed by atoms with Crippen molar-refractivity contribution in [3.63, 3.8) is 0 Å². The molecule has 0 atom stereocenters. The minimum atomic E-state index is 1.17. The Morgan fingerprint density at radius 2 is 1.65 bits per heavy atom. The largest absolute Gasteiger partial charge is 0.371 e. The summed E-state index contributed by atoms with van der Waals surface area (Å²) in [5, 5.41) is 1.37. The first-order valence-electron chi connectivity index (χ1n) is 8.09. The summed E-state index contributed by atoms with van der Waals surface area (Å²) in [6.07, 6.45) is 9.05. The van der Waals surface area contributed by atoms with Crippen LogP contribution in [-0.4, -0.2) is 18.1 Å². The van der Waals surface area contributed by atoms with E-state index in [0.717, 1.165) is 0 Å². The van der Waals surface area contributed by atoms with Crippen molar-refractivity contribution in [3.05, 3.63) is 35.5 Å². The Hall–Kier alpha value is -1.57. The summed E-state index contributed by atoms with van der Waals surface area (Å²) in [6.45, 7) is 2.45. The number of hydrogen-bond donors (Lipinski definition) is 0. The maximum absolute atomic E-state index is 4.98. The van der Waals surface area contributed by atoms with Crippen molar-refractivity contribution in [2.45, 2.75) is 44.9 Å². The number of rotatable bonds is 1. The van der Waals surface area contributed by atoms with E-state index >= 15 is 0 Å². The lowest BCUT2D eigenvalue weighted by Gasteiger charge is -2.24. The van der Waals surface area contributed by atoms with Gasteiger partial charge in [0.1, 0.15) is 0 Å². The molecule has 2 aromatic rings. The topological polar surface area (TPSA) is 16.1 Å². The molecule has 2 nitrogen and oxygen atoms in total. The minimum absolute atomic E-state index is 1.17. The summed E-state index contributed by atoms with van der Waals surface area (Å²) >= 11 is 0. The molecule has 1 fully saturated rings. The zero-order valence-electron chi connectivity index (χ0n) is 12.1. The third-order valence-corrected chi connectivity index (χ3v) is 4.81. The van der Waals surface area contributed by atoms with E-state index in [1.807, 2.05) is 0 Å². The number of benzene rings is 1. The quantitative estimate of drug-likeness (QED) is 0.722. The Balaban J connectivity index is 1.97. The molecule has 1 aromatic carbocycles. The molecule has 20 heavy (non-hydrogen) atoms. The number of pyridine rings is 1. The van der Waals surface area contributed by atoms with Crippen LogP contribution in [0.15, 0.2) is 24.3 Å². The van der Waals surface area contributed by atoms with Crippen LogP contribution in [0.4, 0.5) is 5.69 Å². The van der Waals surface area contributed by atoms with Gasteiger partial charge in [-0.05, 0) is 50.2 Å². The summed E-state index contributed by atoms with van der Waals surface area (Å²) in [6, 6.07) is 8.72. The van der Waals surface area contributed by atoms with Gasteiger partial charge in [0.15, 0.2) is 0 Å². The molecule has 0 radical (unpaired) electrons. The van der Waals surface area contributed by atoms with E-state index in [2.05, 4.69) is 29.2 Å². The van der Waals surface area contributed by atoms with Crippen LogP contribution < -0.4 is 4.90 Å². The highest BCUT2D eigenvalue weighted by Gasteiger charge is 2.22. The number of anilines is 1. The van der Waals surface area contributed by atoms with Crippen molar-refractivity contribution in [3.8, 4) is 0 Å². The molecular weight excluding hydrogens is 244 g/mol. The zero-order chi connectivity index (χ0) is 13.4. The summed E-state index contributed by atoms with van der Waals surface area (Å²) in [7, 11) is 0. The number of fused-ring (bicyclic) bond motifs is 2. The molecule has 1 saturated heterocycles. The SMILES string of the molecule is c1ccc2c(N3CCCC3)c3c(nc2c1)CCCCC3. The Morgan fingerprint density at radius 1 is 0.850 bits per heavy atom. The Kier molecular flexibility index (Phi) is 3.10. The van der Waals surface area contributed by atoms with Gasteiger partial charge in [0.25, 0.3) is 0 Å². The lowest BCUT2D eigenvalue weighted by Crippen LogP contribution is -2.21. The van der Waals surface area contributed by atoms with Crippen LogP contribution in [0.3, 0.4) is 0 Å². The molecule has 0 N–H and O–H groups in total. The van der Waals surface area contributed by atoms with Crippen molar-refractivity contribution in [1.29, 1.82) is 0 Å². The van der Waals surface area contributed by atoms with Crippen LogP contribution in [-0.2, 0) is 12.8 Å². The van der Waals surface area contributed by atoms with E-state index in [9.17, 15) is 0 Å². The molecule has 0 amide bonds. The molecule has 2 heteroatoms. The van der Waals surface area contributed by atoms with E-state index in [4.69, 9.17) is 4.98 Å². The first-order chi connectivity index (χ1) is 9.93. The highest BCUT2D eigenvalue weighted by atomic mass is 15.1. The van der Waals surface area contributed by atoms with Crippen LogP contribution >= 0.6 is 0 Å². The predicted molar refractivity (Wildman–Crippen MR) is 84.4 cm³/mol. The lowest BCUT2D eigenvalue weighted by molar-refractivity contribution is 0.708. The van der Waals surface area contributed by atoms with Crippen molar-refractivity contribution in [2.75, 3.05) is 18.0 Å². The van der Waals surface area contributed by atoms with Gasteiger partial charge in [0.05, 0.1) is 11.2 Å². The van der Waals surface area contributed by atoms with Crippen molar-refractivity contribution in [1.82, 2.24) is 4.98 Å². The number of para-hydroxylation sites is 1. The zero-order valence-corrected chi connectivity index (χ0v) is 12.1. The minimum Gasteiger partial charge on any atom is -0.371 e. The van der Waals surface area contributed by atoms with Crippen molar-refractivity contribution >= 4 is 16.6 Å². The van der Waals surface area contributed by atoms with Gasteiger partial charge < -0.3 is 4.90 Å². The lowest BCUT2D eigenvalue weighted by atomic mass is 10.0. The van der Waals surface area contributed by atoms with E-state index in [1.54, 1.807) is 5.56 Å². The number of aromatic nitrogens is 1. The molecule has 2 heterocycles. The molecule has 1 aliphatic carbocycles. The number of nitrogens with zero attached hydrogens (tertiary/aromatic N) is 2. The Labute approximate surface area is 120 Å². The summed E-state index contributed by atoms with van der Waals surface area (Å²) < 4.78 is 0. The van der Waals surface area contributed by atoms with Gasteiger partial charge in [0.2, 0.25) is 0 Å². The van der Waals surface area contributed by atoms with Crippen LogP contribution in [0.1, 0.15) is 43.4 Å². The molecule has 0 spiro atoms. The monoisotopic (exact) mass is 266 g/mol. The smallest absolute Gasteiger partial charge is 0.0726 e. The standard InChI is InChI=1S/C18H22N2/c1-2-8-14-16(10-3-1)19-17-11-5-4-9-15(17)18(14)20-12-6-7-13-20/h4-5,9,11H,1-3,6-8,10,12-13H2. The third-order valence-electron chi connectivity index (χ3n) is 4.81. The first-order valence-corrected chi connectivity index (χ1v) is 8.09. The van der Waals surface area contributed by atoms with Gasteiger partial charge >= 0.3 is 0 Å². The summed E-state index contributed by atoms with van der Waals surface area (Å²) in [4.78, 5) is 7.60. The van der Waals surface area contributed by atoms with Gasteiger partial charge in [-0.15, -0.1) is 0 Å². The average Bonchev–Trinajstić information content (AvgIpc) is 2.90. The predicted octanol–water partition coefficient (Wildman–Crippen LogP) is 4.10. The summed E-state index contributed by atoms with van der Waals surface area (Å²) in [5.74, 6) is 0. The second-order valence-electron chi connectivity index (χ2n) is 6.16. The molecule has 4 rings (SSSR count). The third kappa shape index (κ3) is 1.98. The molecule has 1 aliphatic heterocycles. The van der Waals surface area contributed by atoms with Gasteiger partial charge in [-0.25, -0.2) is 0 Å². The second kappa shape index (κ2) is 5.08.